The Morgan fingerprint density at radius 3 is 2.11 bits per heavy atom. The van der Waals surface area contributed by atoms with E-state index in [0.717, 1.165) is 33.5 Å². The number of hydrogen-bond acceptors (Lipinski definition) is 2. The summed E-state index contributed by atoms with van der Waals surface area (Å²) in [5, 5.41) is 0. The van der Waals surface area contributed by atoms with Crippen LogP contribution in [-0.4, -0.2) is 6.43 Å². The van der Waals surface area contributed by atoms with Crippen molar-refractivity contribution in [2.75, 3.05) is 0 Å². The first-order valence-electron chi connectivity index (χ1n) is 9.17. The van der Waals surface area contributed by atoms with Crippen LogP contribution < -0.4 is 4.74 Å². The van der Waals surface area contributed by atoms with E-state index in [-0.39, 0.29) is 4.91 Å². The van der Waals surface area contributed by atoms with Crippen LogP contribution in [0.25, 0.3) is 0 Å². The number of aryl methyl sites for hydroxylation is 1. The highest BCUT2D eigenvalue weighted by Gasteiger charge is 2.12. The van der Waals surface area contributed by atoms with Gasteiger partial charge in [-0.1, -0.05) is 78.5 Å². The fraction of sp³-hybridized carbons (Fsp3) is 0.167. The van der Waals surface area contributed by atoms with E-state index >= 15 is 0 Å². The van der Waals surface area contributed by atoms with Crippen molar-refractivity contribution in [3.05, 3.63) is 107 Å². The van der Waals surface area contributed by atoms with Crippen molar-refractivity contribution in [1.29, 1.82) is 0 Å². The van der Waals surface area contributed by atoms with Gasteiger partial charge in [-0.25, -0.2) is 8.78 Å². The first kappa shape index (κ1) is 20.2. The second-order valence-corrected chi connectivity index (χ2v) is 7.43. The van der Waals surface area contributed by atoms with Crippen molar-refractivity contribution in [3.63, 3.8) is 0 Å². The fourth-order valence-electron chi connectivity index (χ4n) is 2.67. The molecule has 0 saturated carbocycles. The molecule has 0 unspecified atom stereocenters. The maximum Gasteiger partial charge on any atom is 0.269 e. The van der Waals surface area contributed by atoms with Gasteiger partial charge in [-0.2, -0.15) is 0 Å². The molecule has 0 heterocycles. The SMILES string of the molecule is FC(F)/C(=C/CCc1ccc(OCc2ccccc2)cc1)Sc1ccccc1. The normalized spacial score (nSPS) is 11.6. The molecule has 0 aromatic heterocycles. The van der Waals surface area contributed by atoms with Crippen LogP contribution in [-0.2, 0) is 13.0 Å². The number of alkyl halides is 2. The Hall–Kier alpha value is -2.59. The Bertz CT molecular complexity index is 862. The van der Waals surface area contributed by atoms with Crippen molar-refractivity contribution in [2.45, 2.75) is 30.8 Å². The van der Waals surface area contributed by atoms with Gasteiger partial charge in [0.2, 0.25) is 0 Å². The Kier molecular flexibility index (Phi) is 7.68. The average molecular weight is 397 g/mol. The number of allylic oxidation sites excluding steroid dienone is 2. The summed E-state index contributed by atoms with van der Waals surface area (Å²) in [5.74, 6) is 0.802. The van der Waals surface area contributed by atoms with E-state index in [4.69, 9.17) is 4.74 Å². The summed E-state index contributed by atoms with van der Waals surface area (Å²) in [5.41, 5.74) is 2.22. The van der Waals surface area contributed by atoms with E-state index in [9.17, 15) is 8.78 Å². The van der Waals surface area contributed by atoms with Crippen LogP contribution in [0.3, 0.4) is 0 Å². The number of hydrogen-bond donors (Lipinski definition) is 0. The van der Waals surface area contributed by atoms with Gasteiger partial charge in [0.1, 0.15) is 12.4 Å². The highest BCUT2D eigenvalue weighted by molar-refractivity contribution is 8.03. The predicted octanol–water partition coefficient (Wildman–Crippen LogP) is 7.14. The van der Waals surface area contributed by atoms with Crippen LogP contribution in [0.2, 0.25) is 0 Å². The van der Waals surface area contributed by atoms with E-state index < -0.39 is 6.43 Å². The molecule has 0 amide bonds. The molecule has 3 rings (SSSR count). The molecule has 0 spiro atoms. The third-order valence-electron chi connectivity index (χ3n) is 4.14. The van der Waals surface area contributed by atoms with Gasteiger partial charge in [-0.05, 0) is 48.2 Å². The lowest BCUT2D eigenvalue weighted by atomic mass is 10.1. The van der Waals surface area contributed by atoms with E-state index in [1.807, 2.05) is 84.9 Å². The third kappa shape index (κ3) is 6.54. The summed E-state index contributed by atoms with van der Waals surface area (Å²) in [6.07, 6.45) is 0.468. The first-order chi connectivity index (χ1) is 13.7. The van der Waals surface area contributed by atoms with Gasteiger partial charge in [0.25, 0.3) is 6.43 Å². The zero-order valence-electron chi connectivity index (χ0n) is 15.4. The van der Waals surface area contributed by atoms with Gasteiger partial charge >= 0.3 is 0 Å². The monoisotopic (exact) mass is 396 g/mol. The largest absolute Gasteiger partial charge is 0.489 e. The number of benzene rings is 3. The summed E-state index contributed by atoms with van der Waals surface area (Å²) >= 11 is 1.13. The van der Waals surface area contributed by atoms with Crippen LogP contribution in [0.4, 0.5) is 8.78 Å². The van der Waals surface area contributed by atoms with Gasteiger partial charge in [0.15, 0.2) is 0 Å². The second-order valence-electron chi connectivity index (χ2n) is 6.28. The molecule has 0 saturated heterocycles. The molecule has 3 aromatic carbocycles. The number of thioether (sulfide) groups is 1. The molecular formula is C24H22F2OS. The molecule has 1 nitrogen and oxygen atoms in total. The van der Waals surface area contributed by atoms with Crippen LogP contribution in [0.1, 0.15) is 17.5 Å². The molecule has 0 fully saturated rings. The quantitative estimate of drug-likeness (QED) is 0.356. The van der Waals surface area contributed by atoms with E-state index in [2.05, 4.69) is 0 Å². The lowest BCUT2D eigenvalue weighted by Gasteiger charge is -2.08. The Balaban J connectivity index is 1.51. The summed E-state index contributed by atoms with van der Waals surface area (Å²) < 4.78 is 32.3. The Morgan fingerprint density at radius 1 is 0.821 bits per heavy atom. The van der Waals surface area contributed by atoms with Crippen LogP contribution in [0, 0.1) is 0 Å². The highest BCUT2D eigenvalue weighted by Crippen LogP contribution is 2.31. The van der Waals surface area contributed by atoms with Crippen molar-refractivity contribution in [3.8, 4) is 5.75 Å². The van der Waals surface area contributed by atoms with E-state index in [1.54, 1.807) is 6.08 Å². The van der Waals surface area contributed by atoms with E-state index in [1.165, 1.54) is 0 Å². The number of halogens is 2. The molecule has 0 aliphatic rings. The lowest BCUT2D eigenvalue weighted by molar-refractivity contribution is 0.199. The van der Waals surface area contributed by atoms with Crippen molar-refractivity contribution in [1.82, 2.24) is 0 Å². The summed E-state index contributed by atoms with van der Waals surface area (Å²) in [6, 6.07) is 27.1. The Labute approximate surface area is 169 Å². The van der Waals surface area contributed by atoms with E-state index in [0.29, 0.717) is 19.4 Å². The second kappa shape index (κ2) is 10.7. The minimum absolute atomic E-state index is 0.106. The molecule has 0 aliphatic heterocycles. The molecule has 144 valence electrons. The van der Waals surface area contributed by atoms with Gasteiger partial charge in [-0.3, -0.25) is 0 Å². The molecular weight excluding hydrogens is 374 g/mol. The summed E-state index contributed by atoms with van der Waals surface area (Å²) in [7, 11) is 0. The van der Waals surface area contributed by atoms with Gasteiger partial charge in [0, 0.05) is 4.90 Å². The van der Waals surface area contributed by atoms with Crippen molar-refractivity contribution >= 4 is 11.8 Å². The lowest BCUT2D eigenvalue weighted by Crippen LogP contribution is -1.95. The van der Waals surface area contributed by atoms with Crippen LogP contribution in [0.5, 0.6) is 5.75 Å². The summed E-state index contributed by atoms with van der Waals surface area (Å²) in [4.78, 5) is 0.933. The standard InChI is InChI=1S/C24H22F2OS/c25-24(26)23(28-22-11-5-2-6-12-22)13-7-10-19-14-16-21(17-15-19)27-18-20-8-3-1-4-9-20/h1-6,8-9,11-17,24H,7,10,18H2/b23-13-. The molecule has 0 aliphatic carbocycles. The molecule has 0 bridgehead atoms. The zero-order valence-corrected chi connectivity index (χ0v) is 16.2. The highest BCUT2D eigenvalue weighted by atomic mass is 32.2. The molecule has 0 radical (unpaired) electrons. The molecule has 3 aromatic rings. The minimum Gasteiger partial charge on any atom is -0.489 e. The maximum absolute atomic E-state index is 13.3. The predicted molar refractivity (Wildman–Crippen MR) is 112 cm³/mol. The Morgan fingerprint density at radius 2 is 1.46 bits per heavy atom. The van der Waals surface area contributed by atoms with Gasteiger partial charge in [0.05, 0.1) is 4.91 Å². The van der Waals surface area contributed by atoms with Gasteiger partial charge < -0.3 is 4.74 Å². The zero-order chi connectivity index (χ0) is 19.6. The average Bonchev–Trinajstić information content (AvgIpc) is 2.74. The molecule has 0 atom stereocenters. The molecule has 0 N–H and O–H groups in total. The fourth-order valence-corrected chi connectivity index (χ4v) is 3.53. The topological polar surface area (TPSA) is 9.23 Å². The van der Waals surface area contributed by atoms with Gasteiger partial charge in [-0.15, -0.1) is 0 Å². The van der Waals surface area contributed by atoms with Crippen molar-refractivity contribution < 1.29 is 13.5 Å². The molecule has 28 heavy (non-hydrogen) atoms. The first-order valence-corrected chi connectivity index (χ1v) is 9.99. The maximum atomic E-state index is 13.3. The van der Waals surface area contributed by atoms with Crippen LogP contribution in [0.15, 0.2) is 101 Å². The summed E-state index contributed by atoms with van der Waals surface area (Å²) in [6.45, 7) is 0.525. The number of ether oxygens (including phenoxy) is 1. The van der Waals surface area contributed by atoms with Crippen LogP contribution >= 0.6 is 11.8 Å². The van der Waals surface area contributed by atoms with Crippen molar-refractivity contribution in [2.24, 2.45) is 0 Å². The molecule has 4 heteroatoms. The smallest absolute Gasteiger partial charge is 0.269 e. The minimum atomic E-state index is -2.46. The number of rotatable bonds is 9. The third-order valence-corrected chi connectivity index (χ3v) is 5.23.